The fourth-order valence-corrected chi connectivity index (χ4v) is 6.33. The molecule has 0 bridgehead atoms. The number of benzene rings is 3. The Hall–Kier alpha value is -6.78. The lowest BCUT2D eigenvalue weighted by Gasteiger charge is -2.29. The van der Waals surface area contributed by atoms with Crippen molar-refractivity contribution in [2.24, 2.45) is 5.73 Å². The van der Waals surface area contributed by atoms with Gasteiger partial charge >= 0.3 is 32.0 Å². The molecule has 0 aliphatic rings. The van der Waals surface area contributed by atoms with Crippen LogP contribution in [0.1, 0.15) is 63.0 Å². The fraction of sp³-hybridized carbons (Fsp3) is 0.390. The Morgan fingerprint density at radius 2 is 1.31 bits per heavy atom. The van der Waals surface area contributed by atoms with E-state index >= 15 is 0 Å². The zero-order valence-corrected chi connectivity index (χ0v) is 36.2. The lowest BCUT2D eigenvalue weighted by atomic mass is 10.1. The van der Waals surface area contributed by atoms with Crippen molar-refractivity contribution in [1.82, 2.24) is 20.4 Å². The number of carboxylic acids is 1. The van der Waals surface area contributed by atoms with E-state index < -0.39 is 85.9 Å². The summed E-state index contributed by atoms with van der Waals surface area (Å²) in [5.41, 5.74) is 6.64. The maximum atomic E-state index is 13.7. The number of carboxylic acid groups (broad SMARTS) is 1. The van der Waals surface area contributed by atoms with Crippen LogP contribution in [0.2, 0.25) is 0 Å². The fourth-order valence-electron chi connectivity index (χ4n) is 5.98. The summed E-state index contributed by atoms with van der Waals surface area (Å²) < 4.78 is 26.2. The van der Waals surface area contributed by atoms with Crippen LogP contribution in [0.25, 0.3) is 0 Å². The Morgan fingerprint density at radius 3 is 1.80 bits per heavy atom. The van der Waals surface area contributed by atoms with E-state index in [4.69, 9.17) is 25.0 Å². The molecular weight excluding hydrogens is 877 g/mol. The lowest BCUT2D eigenvalue weighted by molar-refractivity contribution is -0.482. The van der Waals surface area contributed by atoms with Crippen LogP contribution in [0.4, 0.5) is 20.1 Å². The number of nitrogens with one attached hydrogen (secondary N) is 2. The van der Waals surface area contributed by atoms with Crippen molar-refractivity contribution in [3.63, 3.8) is 0 Å². The zero-order chi connectivity index (χ0) is 47.9. The van der Waals surface area contributed by atoms with Gasteiger partial charge in [-0.3, -0.25) is 18.9 Å². The minimum absolute atomic E-state index is 0.00207. The summed E-state index contributed by atoms with van der Waals surface area (Å²) >= 11 is 0. The van der Waals surface area contributed by atoms with Crippen LogP contribution in [0, 0.1) is 10.1 Å². The zero-order valence-electron chi connectivity index (χ0n) is 35.3. The van der Waals surface area contributed by atoms with Crippen LogP contribution in [0.5, 0.6) is 0 Å². The number of carbonyl (C=O) groups excluding carboxylic acids is 6. The topological polar surface area (TPSA) is 328 Å². The Bertz CT molecular complexity index is 2060. The molecule has 0 unspecified atom stereocenters. The molecular formula is C41H52N7O16P. The van der Waals surface area contributed by atoms with Gasteiger partial charge in [-0.15, -0.1) is 0 Å². The Balaban J connectivity index is 1.74. The molecule has 65 heavy (non-hydrogen) atoms. The Kier molecular flexibility index (Phi) is 21.6. The number of hydrogen-bond donors (Lipinski definition) is 6. The second-order valence-corrected chi connectivity index (χ2v) is 15.4. The number of hydrogen-bond acceptors (Lipinski definition) is 14. The monoisotopic (exact) mass is 929 g/mol. The van der Waals surface area contributed by atoms with E-state index in [1.165, 1.54) is 30.3 Å². The van der Waals surface area contributed by atoms with Gasteiger partial charge in [-0.1, -0.05) is 85.3 Å². The van der Waals surface area contributed by atoms with Gasteiger partial charge in [0.25, 0.3) is 0 Å². The number of nitrogens with zero attached hydrogens (tertiary/aromatic N) is 4. The van der Waals surface area contributed by atoms with E-state index in [1.54, 1.807) is 60.7 Å². The molecule has 0 saturated heterocycles. The Labute approximate surface area is 373 Å². The average molecular weight is 930 g/mol. The van der Waals surface area contributed by atoms with Crippen LogP contribution in [-0.4, -0.2) is 109 Å². The van der Waals surface area contributed by atoms with Crippen molar-refractivity contribution in [3.05, 3.63) is 112 Å². The maximum Gasteiger partial charge on any atom is 0.469 e. The van der Waals surface area contributed by atoms with Crippen LogP contribution < -0.4 is 21.4 Å². The molecule has 0 spiro atoms. The van der Waals surface area contributed by atoms with Crippen LogP contribution in [0.3, 0.4) is 0 Å². The predicted molar refractivity (Wildman–Crippen MR) is 228 cm³/mol. The number of hydrazine groups is 1. The number of phosphoric ester groups is 1. The number of anilines is 1. The summed E-state index contributed by atoms with van der Waals surface area (Å²) in [7, 11) is -5.19. The molecule has 7 N–H and O–H groups in total. The molecule has 0 heterocycles. The molecule has 0 fully saturated rings. The molecule has 352 valence electrons. The molecule has 7 amide bonds. The van der Waals surface area contributed by atoms with Crippen LogP contribution in [-0.2, 0) is 51.0 Å². The highest BCUT2D eigenvalue weighted by molar-refractivity contribution is 7.46. The van der Waals surface area contributed by atoms with Gasteiger partial charge in [0.1, 0.15) is 31.0 Å². The minimum atomic E-state index is -5.19. The first-order valence-electron chi connectivity index (χ1n) is 20.2. The van der Waals surface area contributed by atoms with E-state index in [1.807, 2.05) is 5.32 Å². The molecule has 0 radical (unpaired) electrons. The van der Waals surface area contributed by atoms with Crippen molar-refractivity contribution >= 4 is 55.4 Å². The number of phosphoric acid groups is 1. The second kappa shape index (κ2) is 26.8. The number of para-hydroxylation sites is 1. The summed E-state index contributed by atoms with van der Waals surface area (Å²) in [5.74, 6) is -4.96. The SMILES string of the molecule is C[C@@H](C(=O)N[C@@H](COP(=O)(O)O)C(=O)O)N(C(=O)CCCCCNC(=O)[C@H](CCCCN)N(C(=O)OCc1ccccc1)C(=O)OCc1ccccc1)C(=O)N(c1ccccc1)[N+](=O)[O-]. The van der Waals surface area contributed by atoms with Crippen molar-refractivity contribution in [2.45, 2.75) is 83.2 Å². The number of carbonyl (C=O) groups is 7. The highest BCUT2D eigenvalue weighted by Crippen LogP contribution is 2.35. The van der Waals surface area contributed by atoms with Gasteiger partial charge in [-0.25, -0.2) is 38.8 Å². The van der Waals surface area contributed by atoms with Gasteiger partial charge in [0.15, 0.2) is 11.1 Å². The number of ether oxygens (including phenoxy) is 2. The van der Waals surface area contributed by atoms with Crippen molar-refractivity contribution in [2.75, 3.05) is 24.7 Å². The van der Waals surface area contributed by atoms with Gasteiger partial charge in [0.2, 0.25) is 17.7 Å². The first kappa shape index (κ1) is 52.6. The molecule has 0 saturated carbocycles. The molecule has 24 heteroatoms. The van der Waals surface area contributed by atoms with E-state index in [0.29, 0.717) is 28.9 Å². The van der Waals surface area contributed by atoms with Gasteiger partial charge in [-0.2, -0.15) is 4.90 Å². The number of rotatable bonds is 25. The largest absolute Gasteiger partial charge is 0.480 e. The summed E-state index contributed by atoms with van der Waals surface area (Å²) in [4.78, 5) is 124. The molecule has 3 aromatic rings. The quantitative estimate of drug-likeness (QED) is 0.0304. The second-order valence-electron chi connectivity index (χ2n) is 14.1. The maximum absolute atomic E-state index is 13.7. The number of aliphatic carboxylic acids is 1. The van der Waals surface area contributed by atoms with E-state index in [9.17, 15) is 53.3 Å². The molecule has 0 aromatic heterocycles. The van der Waals surface area contributed by atoms with Crippen molar-refractivity contribution in [3.8, 4) is 0 Å². The molecule has 3 atom stereocenters. The van der Waals surface area contributed by atoms with Gasteiger partial charge < -0.3 is 40.7 Å². The summed E-state index contributed by atoms with van der Waals surface area (Å²) in [5, 5.41) is 25.1. The predicted octanol–water partition coefficient (Wildman–Crippen LogP) is 3.85. The van der Waals surface area contributed by atoms with Gasteiger partial charge in [0, 0.05) is 13.0 Å². The number of urea groups is 1. The first-order chi connectivity index (χ1) is 30.9. The van der Waals surface area contributed by atoms with Crippen molar-refractivity contribution in [1.29, 1.82) is 0 Å². The minimum Gasteiger partial charge on any atom is -0.480 e. The van der Waals surface area contributed by atoms with Crippen LogP contribution >= 0.6 is 7.82 Å². The molecule has 3 rings (SSSR count). The van der Waals surface area contributed by atoms with Gasteiger partial charge in [0.05, 0.1) is 6.61 Å². The van der Waals surface area contributed by atoms with Crippen LogP contribution in [0.15, 0.2) is 91.0 Å². The third-order valence-electron chi connectivity index (χ3n) is 9.33. The number of amides is 7. The first-order valence-corrected chi connectivity index (χ1v) is 21.7. The number of nitro groups is 1. The van der Waals surface area contributed by atoms with E-state index in [-0.39, 0.29) is 67.6 Å². The highest BCUT2D eigenvalue weighted by Gasteiger charge is 2.41. The molecule has 23 nitrogen and oxygen atoms in total. The third-order valence-corrected chi connectivity index (χ3v) is 9.81. The smallest absolute Gasteiger partial charge is 0.469 e. The lowest BCUT2D eigenvalue weighted by Crippen LogP contribution is -2.58. The van der Waals surface area contributed by atoms with E-state index in [0.717, 1.165) is 6.92 Å². The number of unbranched alkanes of at least 4 members (excludes halogenated alkanes) is 3. The van der Waals surface area contributed by atoms with E-state index in [2.05, 4.69) is 9.84 Å². The third kappa shape index (κ3) is 17.7. The number of imide groups is 2. The Morgan fingerprint density at radius 1 is 0.769 bits per heavy atom. The highest BCUT2D eigenvalue weighted by atomic mass is 31.2. The standard InChI is InChI=1S/C41H52N7O16P/c1-29(36(50)44-33(38(52)53)28-64-65(59,60)61)45(39(54)47(48(57)58)32-20-10-4-11-21-32)35(49)23-12-5-15-25-43-37(51)34(22-13-14-24-42)46(40(55)62-26-30-16-6-2-7-17-30)41(56)63-27-31-18-8-3-9-19-31/h2-4,6-11,16-21,29,33-34H,5,12-15,22-28,42H2,1H3,(H,43,51)(H,44,50)(H,52,53)(H2,59,60,61)/t29-,33-,34-/m0/s1. The average Bonchev–Trinajstić information content (AvgIpc) is 3.27. The number of nitrogens with two attached hydrogens (primary N) is 1. The summed E-state index contributed by atoms with van der Waals surface area (Å²) in [6.45, 7) is -0.427. The molecule has 0 aliphatic carbocycles. The summed E-state index contributed by atoms with van der Waals surface area (Å²) in [6.07, 6.45) is -1.57. The normalized spacial score (nSPS) is 12.4. The molecule has 3 aromatic carbocycles. The summed E-state index contributed by atoms with van der Waals surface area (Å²) in [6, 6.07) is 16.9. The van der Waals surface area contributed by atoms with Gasteiger partial charge in [-0.05, 0) is 73.8 Å². The van der Waals surface area contributed by atoms with Crippen molar-refractivity contribution < 1.29 is 72.0 Å². The molecule has 0 aliphatic heterocycles.